The predicted octanol–water partition coefficient (Wildman–Crippen LogP) is 3.85. The van der Waals surface area contributed by atoms with Crippen LogP contribution in [0.4, 0.5) is 16.4 Å². The summed E-state index contributed by atoms with van der Waals surface area (Å²) in [6.45, 7) is 0.268. The van der Waals surface area contributed by atoms with E-state index in [1.807, 2.05) is 0 Å². The Morgan fingerprint density at radius 1 is 1.31 bits per heavy atom. The average molecular weight is 370 g/mol. The number of fused-ring (bicyclic) bond motifs is 1. The summed E-state index contributed by atoms with van der Waals surface area (Å²) in [4.78, 5) is 23.9. The van der Waals surface area contributed by atoms with Crippen LogP contribution in [0.5, 0.6) is 0 Å². The lowest BCUT2D eigenvalue weighted by atomic mass is 9.96. The Bertz CT molecular complexity index is 885. The SMILES string of the molecule is N#Cc1c(NC(=O)CCNc2ccccc2[N+](=O)[O-])sc2c1CCCC2. The van der Waals surface area contributed by atoms with Crippen molar-refractivity contribution in [1.82, 2.24) is 0 Å². The summed E-state index contributed by atoms with van der Waals surface area (Å²) in [5.74, 6) is -0.216. The van der Waals surface area contributed by atoms with E-state index in [-0.39, 0.29) is 24.6 Å². The van der Waals surface area contributed by atoms with E-state index in [9.17, 15) is 20.2 Å². The first-order valence-corrected chi connectivity index (χ1v) is 9.23. The molecule has 26 heavy (non-hydrogen) atoms. The minimum absolute atomic E-state index is 0.0226. The lowest BCUT2D eigenvalue weighted by molar-refractivity contribution is -0.384. The summed E-state index contributed by atoms with van der Waals surface area (Å²) in [7, 11) is 0. The van der Waals surface area contributed by atoms with Crippen molar-refractivity contribution >= 4 is 33.6 Å². The maximum atomic E-state index is 12.2. The fourth-order valence-corrected chi connectivity index (χ4v) is 4.31. The molecule has 1 aliphatic carbocycles. The number of nitro benzene ring substituents is 1. The molecule has 1 heterocycles. The van der Waals surface area contributed by atoms with Gasteiger partial charge in [0.05, 0.1) is 10.5 Å². The Morgan fingerprint density at radius 3 is 2.85 bits per heavy atom. The summed E-state index contributed by atoms with van der Waals surface area (Å²) in [6.07, 6.45) is 4.20. The van der Waals surface area contributed by atoms with Gasteiger partial charge >= 0.3 is 0 Å². The summed E-state index contributed by atoms with van der Waals surface area (Å²) in [6, 6.07) is 8.53. The number of carbonyl (C=O) groups excluding carboxylic acids is 1. The molecule has 1 amide bonds. The molecule has 0 fully saturated rings. The number of anilines is 2. The Balaban J connectivity index is 1.60. The Labute approximate surface area is 154 Å². The van der Waals surface area contributed by atoms with Gasteiger partial charge in [-0.2, -0.15) is 5.26 Å². The first-order valence-electron chi connectivity index (χ1n) is 8.42. The number of hydrogen-bond donors (Lipinski definition) is 2. The van der Waals surface area contributed by atoms with Crippen molar-refractivity contribution in [3.05, 3.63) is 50.4 Å². The number of nitro groups is 1. The standard InChI is InChI=1S/C18H18N4O3S/c19-11-13-12-5-1-4-8-16(12)26-18(13)21-17(23)9-10-20-14-6-2-3-7-15(14)22(24)25/h2-3,6-7,20H,1,4-5,8-10H2,(H,21,23). The van der Waals surface area contributed by atoms with Crippen LogP contribution in [-0.4, -0.2) is 17.4 Å². The van der Waals surface area contributed by atoms with Crippen LogP contribution in [0, 0.1) is 21.4 Å². The molecule has 0 radical (unpaired) electrons. The third-order valence-electron chi connectivity index (χ3n) is 4.30. The molecule has 0 aliphatic heterocycles. The molecule has 3 rings (SSSR count). The van der Waals surface area contributed by atoms with Crippen LogP contribution in [0.1, 0.15) is 35.3 Å². The number of nitrogens with zero attached hydrogens (tertiary/aromatic N) is 2. The number of para-hydroxylation sites is 2. The van der Waals surface area contributed by atoms with Crippen LogP contribution >= 0.6 is 11.3 Å². The molecule has 0 saturated heterocycles. The van der Waals surface area contributed by atoms with Crippen molar-refractivity contribution in [3.63, 3.8) is 0 Å². The number of aryl methyl sites for hydroxylation is 1. The first kappa shape index (κ1) is 17.9. The minimum Gasteiger partial charge on any atom is -0.379 e. The van der Waals surface area contributed by atoms with E-state index in [1.165, 1.54) is 22.3 Å². The van der Waals surface area contributed by atoms with E-state index in [0.29, 0.717) is 16.3 Å². The monoisotopic (exact) mass is 370 g/mol. The third kappa shape index (κ3) is 3.83. The normalized spacial score (nSPS) is 12.7. The van der Waals surface area contributed by atoms with Crippen LogP contribution in [0.2, 0.25) is 0 Å². The van der Waals surface area contributed by atoms with Crippen molar-refractivity contribution in [2.24, 2.45) is 0 Å². The van der Waals surface area contributed by atoms with Gasteiger partial charge in [0.15, 0.2) is 0 Å². The summed E-state index contributed by atoms with van der Waals surface area (Å²) < 4.78 is 0. The average Bonchev–Trinajstić information content (AvgIpc) is 2.98. The van der Waals surface area contributed by atoms with Gasteiger partial charge in [-0.3, -0.25) is 14.9 Å². The lowest BCUT2D eigenvalue weighted by Gasteiger charge is -2.09. The summed E-state index contributed by atoms with van der Waals surface area (Å²) in [5.41, 5.74) is 2.03. The molecule has 0 atom stereocenters. The lowest BCUT2D eigenvalue weighted by Crippen LogP contribution is -2.16. The van der Waals surface area contributed by atoms with Gasteiger partial charge in [-0.15, -0.1) is 11.3 Å². The topological polar surface area (TPSA) is 108 Å². The zero-order valence-electron chi connectivity index (χ0n) is 14.1. The van der Waals surface area contributed by atoms with Gasteiger partial charge in [0.1, 0.15) is 16.8 Å². The van der Waals surface area contributed by atoms with Gasteiger partial charge in [0, 0.05) is 23.9 Å². The molecular formula is C18H18N4O3S. The Hall–Kier alpha value is -2.92. The number of rotatable bonds is 6. The zero-order chi connectivity index (χ0) is 18.5. The molecule has 1 aromatic heterocycles. The van der Waals surface area contributed by atoms with E-state index in [4.69, 9.17) is 0 Å². The molecule has 7 nitrogen and oxygen atoms in total. The number of nitriles is 1. The van der Waals surface area contributed by atoms with Crippen molar-refractivity contribution in [3.8, 4) is 6.07 Å². The van der Waals surface area contributed by atoms with E-state index in [2.05, 4.69) is 16.7 Å². The molecule has 2 N–H and O–H groups in total. The van der Waals surface area contributed by atoms with Gasteiger partial charge < -0.3 is 10.6 Å². The maximum Gasteiger partial charge on any atom is 0.292 e. The van der Waals surface area contributed by atoms with Crippen molar-refractivity contribution in [2.45, 2.75) is 32.1 Å². The molecule has 2 aromatic rings. The number of benzene rings is 1. The molecule has 134 valence electrons. The van der Waals surface area contributed by atoms with Crippen LogP contribution in [0.3, 0.4) is 0 Å². The largest absolute Gasteiger partial charge is 0.379 e. The fourth-order valence-electron chi connectivity index (χ4n) is 3.05. The Kier molecular flexibility index (Phi) is 5.49. The highest BCUT2D eigenvalue weighted by molar-refractivity contribution is 7.16. The maximum absolute atomic E-state index is 12.2. The second kappa shape index (κ2) is 7.97. The molecule has 0 unspecified atom stereocenters. The van der Waals surface area contributed by atoms with E-state index in [1.54, 1.807) is 18.2 Å². The van der Waals surface area contributed by atoms with Gasteiger partial charge in [-0.25, -0.2) is 0 Å². The number of thiophene rings is 1. The molecule has 0 spiro atoms. The molecule has 8 heteroatoms. The third-order valence-corrected chi connectivity index (χ3v) is 5.51. The highest BCUT2D eigenvalue weighted by Crippen LogP contribution is 2.37. The van der Waals surface area contributed by atoms with Crippen molar-refractivity contribution < 1.29 is 9.72 Å². The molecule has 1 aliphatic rings. The molecule has 1 aromatic carbocycles. The quantitative estimate of drug-likeness (QED) is 0.593. The minimum atomic E-state index is -0.461. The van der Waals surface area contributed by atoms with Crippen molar-refractivity contribution in [2.75, 3.05) is 17.2 Å². The number of amides is 1. The highest BCUT2D eigenvalue weighted by Gasteiger charge is 2.21. The van der Waals surface area contributed by atoms with Crippen molar-refractivity contribution in [1.29, 1.82) is 5.26 Å². The van der Waals surface area contributed by atoms with Gasteiger partial charge in [-0.1, -0.05) is 12.1 Å². The summed E-state index contributed by atoms with van der Waals surface area (Å²) in [5, 5.41) is 26.8. The van der Waals surface area contributed by atoms with Crippen LogP contribution in [0.25, 0.3) is 0 Å². The zero-order valence-corrected chi connectivity index (χ0v) is 14.9. The van der Waals surface area contributed by atoms with E-state index >= 15 is 0 Å². The van der Waals surface area contributed by atoms with Crippen LogP contribution < -0.4 is 10.6 Å². The first-order chi connectivity index (χ1) is 12.6. The van der Waals surface area contributed by atoms with E-state index in [0.717, 1.165) is 31.2 Å². The number of nitrogens with one attached hydrogen (secondary N) is 2. The Morgan fingerprint density at radius 2 is 2.08 bits per heavy atom. The summed E-state index contributed by atoms with van der Waals surface area (Å²) >= 11 is 1.49. The predicted molar refractivity (Wildman–Crippen MR) is 101 cm³/mol. The van der Waals surface area contributed by atoms with Crippen LogP contribution in [0.15, 0.2) is 24.3 Å². The van der Waals surface area contributed by atoms with Gasteiger partial charge in [0.2, 0.25) is 5.91 Å². The highest BCUT2D eigenvalue weighted by atomic mass is 32.1. The van der Waals surface area contributed by atoms with Gasteiger partial charge in [-0.05, 0) is 37.3 Å². The number of hydrogen-bond acceptors (Lipinski definition) is 6. The fraction of sp³-hybridized carbons (Fsp3) is 0.333. The second-order valence-corrected chi connectivity index (χ2v) is 7.13. The van der Waals surface area contributed by atoms with E-state index < -0.39 is 4.92 Å². The van der Waals surface area contributed by atoms with Crippen LogP contribution in [-0.2, 0) is 17.6 Å². The number of carbonyl (C=O) groups is 1. The smallest absolute Gasteiger partial charge is 0.292 e. The molecule has 0 saturated carbocycles. The molecular weight excluding hydrogens is 352 g/mol. The van der Waals surface area contributed by atoms with Gasteiger partial charge in [0.25, 0.3) is 5.69 Å². The second-order valence-electron chi connectivity index (χ2n) is 6.03. The molecule has 0 bridgehead atoms.